The van der Waals surface area contributed by atoms with Crippen molar-refractivity contribution in [2.75, 3.05) is 37.6 Å². The number of carbonyl (C=O) groups excluding carboxylic acids is 1. The van der Waals surface area contributed by atoms with Crippen LogP contribution in [0.25, 0.3) is 22.3 Å². The zero-order chi connectivity index (χ0) is 23.2. The molecule has 0 aromatic carbocycles. The van der Waals surface area contributed by atoms with Crippen LogP contribution in [-0.2, 0) is 4.79 Å². The fourth-order valence-corrected chi connectivity index (χ4v) is 4.80. The Morgan fingerprint density at radius 2 is 2.03 bits per heavy atom. The van der Waals surface area contributed by atoms with Crippen LogP contribution in [0.4, 0.5) is 10.2 Å². The molecule has 1 saturated carbocycles. The molecule has 6 rings (SSSR count). The zero-order valence-corrected chi connectivity index (χ0v) is 19.1. The third-order valence-corrected chi connectivity index (χ3v) is 6.96. The van der Waals surface area contributed by atoms with Gasteiger partial charge in [0.05, 0.1) is 17.5 Å². The predicted octanol–water partition coefficient (Wildman–Crippen LogP) is 2.28. The van der Waals surface area contributed by atoms with Gasteiger partial charge in [-0.15, -0.1) is 0 Å². The number of ether oxygens (including phenoxy) is 1. The van der Waals surface area contributed by atoms with Crippen molar-refractivity contribution in [3.63, 3.8) is 0 Å². The van der Waals surface area contributed by atoms with Gasteiger partial charge >= 0.3 is 0 Å². The number of halogens is 1. The average Bonchev–Trinajstić information content (AvgIpc) is 3.44. The van der Waals surface area contributed by atoms with Crippen molar-refractivity contribution < 1.29 is 13.9 Å². The predicted molar refractivity (Wildman–Crippen MR) is 125 cm³/mol. The number of pyridine rings is 2. The highest BCUT2D eigenvalue weighted by Crippen LogP contribution is 2.40. The molecule has 34 heavy (non-hydrogen) atoms. The third-order valence-electron chi connectivity index (χ3n) is 6.96. The molecule has 1 amide bonds. The summed E-state index contributed by atoms with van der Waals surface area (Å²) in [7, 11) is 0. The van der Waals surface area contributed by atoms with Crippen molar-refractivity contribution >= 4 is 22.8 Å². The van der Waals surface area contributed by atoms with E-state index in [2.05, 4.69) is 25.2 Å². The van der Waals surface area contributed by atoms with Gasteiger partial charge < -0.3 is 24.8 Å². The highest BCUT2D eigenvalue weighted by Gasteiger charge is 2.31. The van der Waals surface area contributed by atoms with Crippen LogP contribution in [0, 0.1) is 11.7 Å². The zero-order valence-electron chi connectivity index (χ0n) is 19.1. The molecule has 0 spiro atoms. The van der Waals surface area contributed by atoms with Gasteiger partial charge in [0.1, 0.15) is 11.6 Å². The Labute approximate surface area is 196 Å². The third kappa shape index (κ3) is 3.96. The van der Waals surface area contributed by atoms with Gasteiger partial charge in [0, 0.05) is 62.9 Å². The second-order valence-corrected chi connectivity index (χ2v) is 9.42. The molecule has 178 valence electrons. The maximum absolute atomic E-state index is 15.1. The molecular formula is C24H28FN7O2. The largest absolute Gasteiger partial charge is 0.473 e. The fourth-order valence-electron chi connectivity index (χ4n) is 4.80. The summed E-state index contributed by atoms with van der Waals surface area (Å²) < 4.78 is 23.5. The van der Waals surface area contributed by atoms with E-state index in [-0.39, 0.29) is 23.7 Å². The van der Waals surface area contributed by atoms with Gasteiger partial charge in [-0.3, -0.25) is 4.79 Å². The molecular weight excluding hydrogens is 437 g/mol. The summed E-state index contributed by atoms with van der Waals surface area (Å²) in [6, 6.07) is 3.76. The first-order chi connectivity index (χ1) is 16.6. The van der Waals surface area contributed by atoms with E-state index in [1.807, 2.05) is 24.2 Å². The van der Waals surface area contributed by atoms with Gasteiger partial charge in [-0.1, -0.05) is 0 Å². The van der Waals surface area contributed by atoms with E-state index in [0.29, 0.717) is 42.0 Å². The van der Waals surface area contributed by atoms with Gasteiger partial charge in [-0.2, -0.15) is 0 Å². The number of aromatic nitrogens is 4. The van der Waals surface area contributed by atoms with Gasteiger partial charge in [-0.25, -0.2) is 19.3 Å². The molecule has 3 aromatic heterocycles. The lowest BCUT2D eigenvalue weighted by atomic mass is 10.0. The Morgan fingerprint density at radius 1 is 1.21 bits per heavy atom. The minimum absolute atomic E-state index is 0.0430. The second kappa shape index (κ2) is 8.50. The van der Waals surface area contributed by atoms with E-state index in [1.165, 1.54) is 6.07 Å². The first-order valence-electron chi connectivity index (χ1n) is 12.0. The lowest BCUT2D eigenvalue weighted by molar-refractivity contribution is -0.119. The monoisotopic (exact) mass is 465 g/mol. The number of rotatable bonds is 6. The number of hydrogen-bond acceptors (Lipinski definition) is 7. The first-order valence-corrected chi connectivity index (χ1v) is 12.0. The quantitative estimate of drug-likeness (QED) is 0.577. The molecule has 2 N–H and O–H groups in total. The van der Waals surface area contributed by atoms with Crippen molar-refractivity contribution in [1.29, 1.82) is 0 Å². The summed E-state index contributed by atoms with van der Waals surface area (Å²) in [5.41, 5.74) is 2.75. The van der Waals surface area contributed by atoms with Crippen LogP contribution < -0.4 is 20.3 Å². The van der Waals surface area contributed by atoms with Gasteiger partial charge in [0.2, 0.25) is 11.8 Å². The minimum atomic E-state index is -0.365. The Hall–Kier alpha value is -3.27. The van der Waals surface area contributed by atoms with Crippen molar-refractivity contribution in [1.82, 2.24) is 30.2 Å². The molecule has 2 aliphatic heterocycles. The summed E-state index contributed by atoms with van der Waals surface area (Å²) in [6.07, 6.45) is 5.93. The normalized spacial score (nSPS) is 21.6. The lowest BCUT2D eigenvalue weighted by Crippen LogP contribution is -2.44. The number of carbonyl (C=O) groups is 1. The van der Waals surface area contributed by atoms with Crippen LogP contribution in [-0.4, -0.2) is 64.3 Å². The summed E-state index contributed by atoms with van der Waals surface area (Å²) in [4.78, 5) is 27.5. The molecule has 3 aliphatic rings. The Balaban J connectivity index is 1.36. The van der Waals surface area contributed by atoms with Gasteiger partial charge in [0.25, 0.3) is 0 Å². The smallest absolute Gasteiger partial charge is 0.241 e. The lowest BCUT2D eigenvalue weighted by Gasteiger charge is -2.28. The maximum atomic E-state index is 15.1. The standard InChI is InChI=1S/C24H28FN7O2/c1-14(15-9-21(33)27-11-15)34-24-22-20(29-13-32(22)17-2-3-17)10-19(30-24)16-8-18(25)23(28-12-16)31-6-4-26-5-7-31/h8,10,12-15,17,26H,2-7,9,11H2,1H3,(H,27,33)/t14-,15?/m1/s1. The molecule has 3 fully saturated rings. The Morgan fingerprint density at radius 3 is 2.74 bits per heavy atom. The number of imidazole rings is 1. The fraction of sp³-hybridized carbons (Fsp3) is 0.500. The molecule has 2 saturated heterocycles. The number of nitrogens with one attached hydrogen (secondary N) is 2. The summed E-state index contributed by atoms with van der Waals surface area (Å²) in [5, 5.41) is 6.14. The molecule has 2 atom stereocenters. The van der Waals surface area contributed by atoms with Crippen LogP contribution >= 0.6 is 0 Å². The number of amides is 1. The maximum Gasteiger partial charge on any atom is 0.241 e. The molecule has 9 nitrogen and oxygen atoms in total. The second-order valence-electron chi connectivity index (χ2n) is 9.42. The van der Waals surface area contributed by atoms with Crippen LogP contribution in [0.1, 0.15) is 32.2 Å². The summed E-state index contributed by atoms with van der Waals surface area (Å²) >= 11 is 0. The number of anilines is 1. The highest BCUT2D eigenvalue weighted by atomic mass is 19.1. The average molecular weight is 466 g/mol. The van der Waals surface area contributed by atoms with Gasteiger partial charge in [-0.05, 0) is 31.9 Å². The van der Waals surface area contributed by atoms with E-state index in [0.717, 1.165) is 50.1 Å². The van der Waals surface area contributed by atoms with Crippen molar-refractivity contribution in [2.24, 2.45) is 5.92 Å². The van der Waals surface area contributed by atoms with E-state index in [4.69, 9.17) is 9.72 Å². The van der Waals surface area contributed by atoms with E-state index in [9.17, 15) is 4.79 Å². The molecule has 0 radical (unpaired) electrons. The molecule has 1 unspecified atom stereocenters. The number of fused-ring (bicyclic) bond motifs is 1. The number of nitrogens with zero attached hydrogens (tertiary/aromatic N) is 5. The molecule has 10 heteroatoms. The van der Waals surface area contributed by atoms with Crippen LogP contribution in [0.3, 0.4) is 0 Å². The molecule has 1 aliphatic carbocycles. The van der Waals surface area contributed by atoms with Crippen molar-refractivity contribution in [2.45, 2.75) is 38.3 Å². The molecule has 0 bridgehead atoms. The van der Waals surface area contributed by atoms with Gasteiger partial charge in [0.15, 0.2) is 11.6 Å². The number of piperazine rings is 1. The highest BCUT2D eigenvalue weighted by molar-refractivity contribution is 5.85. The topological polar surface area (TPSA) is 97.2 Å². The molecule has 5 heterocycles. The number of hydrogen-bond donors (Lipinski definition) is 2. The Bertz CT molecular complexity index is 1240. The molecule has 3 aromatic rings. The SMILES string of the molecule is C[C@@H](Oc1nc(-c2cnc(N3CCNCC3)c(F)c2)cc2ncn(C3CC3)c12)C1CNC(=O)C1. The van der Waals surface area contributed by atoms with Crippen LogP contribution in [0.2, 0.25) is 0 Å². The van der Waals surface area contributed by atoms with E-state index >= 15 is 4.39 Å². The van der Waals surface area contributed by atoms with Crippen LogP contribution in [0.5, 0.6) is 5.88 Å². The van der Waals surface area contributed by atoms with E-state index in [1.54, 1.807) is 6.20 Å². The summed E-state index contributed by atoms with van der Waals surface area (Å²) in [6.45, 7) is 5.62. The Kier molecular flexibility index (Phi) is 5.32. The minimum Gasteiger partial charge on any atom is -0.473 e. The van der Waals surface area contributed by atoms with Crippen LogP contribution in [0.15, 0.2) is 24.7 Å². The summed E-state index contributed by atoms with van der Waals surface area (Å²) in [5.74, 6) is 0.587. The van der Waals surface area contributed by atoms with Crippen molar-refractivity contribution in [3.8, 4) is 17.1 Å². The van der Waals surface area contributed by atoms with E-state index < -0.39 is 0 Å². The first kappa shape index (κ1) is 21.3. The van der Waals surface area contributed by atoms with Crippen molar-refractivity contribution in [3.05, 3.63) is 30.5 Å².